The van der Waals surface area contributed by atoms with Crippen LogP contribution in [0.25, 0.3) is 5.69 Å². The number of halogens is 2. The molecule has 2 aromatic rings. The molecule has 7 heteroatoms. The molecule has 0 aliphatic carbocycles. The van der Waals surface area contributed by atoms with Crippen molar-refractivity contribution < 1.29 is 9.53 Å². The van der Waals surface area contributed by atoms with Gasteiger partial charge in [-0.25, -0.2) is 9.48 Å². The molecule has 2 rings (SSSR count). The van der Waals surface area contributed by atoms with Gasteiger partial charge in [-0.15, -0.1) is 5.10 Å². The predicted molar refractivity (Wildman–Crippen MR) is 62.7 cm³/mol. The lowest BCUT2D eigenvalue weighted by Gasteiger charge is -2.02. The number of ether oxygens (including phenoxy) is 1. The van der Waals surface area contributed by atoms with Gasteiger partial charge in [0.15, 0.2) is 5.69 Å². The Labute approximate surface area is 107 Å². The van der Waals surface area contributed by atoms with E-state index in [9.17, 15) is 4.79 Å². The molecular weight excluding hydrogens is 265 g/mol. The van der Waals surface area contributed by atoms with Gasteiger partial charge < -0.3 is 4.74 Å². The van der Waals surface area contributed by atoms with E-state index in [-0.39, 0.29) is 5.69 Å². The molecular formula is C10H7Cl2N3O2. The zero-order valence-corrected chi connectivity index (χ0v) is 10.2. The summed E-state index contributed by atoms with van der Waals surface area (Å²) in [5.41, 5.74) is 0.692. The summed E-state index contributed by atoms with van der Waals surface area (Å²) in [5.74, 6) is -0.554. The number of aromatic nitrogens is 3. The highest BCUT2D eigenvalue weighted by Gasteiger charge is 2.12. The molecule has 0 atom stereocenters. The van der Waals surface area contributed by atoms with Gasteiger partial charge in [-0.2, -0.15) is 0 Å². The van der Waals surface area contributed by atoms with E-state index in [4.69, 9.17) is 23.2 Å². The summed E-state index contributed by atoms with van der Waals surface area (Å²) in [6.45, 7) is 0. The van der Waals surface area contributed by atoms with Gasteiger partial charge in [-0.05, 0) is 18.2 Å². The minimum atomic E-state index is -0.554. The van der Waals surface area contributed by atoms with Crippen LogP contribution in [0.2, 0.25) is 10.0 Å². The number of esters is 1. The molecule has 0 unspecified atom stereocenters. The largest absolute Gasteiger partial charge is 0.464 e. The highest BCUT2D eigenvalue weighted by atomic mass is 35.5. The van der Waals surface area contributed by atoms with Gasteiger partial charge in [-0.3, -0.25) is 0 Å². The fraction of sp³-hybridized carbons (Fsp3) is 0.100. The molecule has 0 saturated heterocycles. The van der Waals surface area contributed by atoms with Crippen molar-refractivity contribution in [1.29, 1.82) is 0 Å². The first-order valence-corrected chi connectivity index (χ1v) is 5.33. The SMILES string of the molecule is COC(=O)c1cn(-c2ccc(Cl)cc2Cl)nn1. The number of carbonyl (C=O) groups excluding carboxylic acids is 1. The lowest BCUT2D eigenvalue weighted by molar-refractivity contribution is 0.0594. The van der Waals surface area contributed by atoms with E-state index in [0.29, 0.717) is 15.7 Å². The average Bonchev–Trinajstić information content (AvgIpc) is 2.77. The Kier molecular flexibility index (Phi) is 3.31. The monoisotopic (exact) mass is 271 g/mol. The fourth-order valence-electron chi connectivity index (χ4n) is 1.25. The van der Waals surface area contributed by atoms with E-state index >= 15 is 0 Å². The lowest BCUT2D eigenvalue weighted by Crippen LogP contribution is -2.01. The third-order valence-electron chi connectivity index (χ3n) is 2.04. The summed E-state index contributed by atoms with van der Waals surface area (Å²) in [6.07, 6.45) is 1.43. The molecule has 0 spiro atoms. The second-order valence-electron chi connectivity index (χ2n) is 3.14. The third kappa shape index (κ3) is 2.40. The first kappa shape index (κ1) is 11.9. The number of hydrogen-bond acceptors (Lipinski definition) is 4. The zero-order chi connectivity index (χ0) is 12.4. The van der Waals surface area contributed by atoms with E-state index in [2.05, 4.69) is 15.0 Å². The van der Waals surface area contributed by atoms with Crippen LogP contribution in [-0.4, -0.2) is 28.1 Å². The van der Waals surface area contributed by atoms with Gasteiger partial charge in [0.05, 0.1) is 24.0 Å². The summed E-state index contributed by atoms with van der Waals surface area (Å²) >= 11 is 11.8. The Morgan fingerprint density at radius 2 is 2.18 bits per heavy atom. The van der Waals surface area contributed by atoms with Crippen LogP contribution in [0.5, 0.6) is 0 Å². The van der Waals surface area contributed by atoms with Gasteiger partial charge in [-0.1, -0.05) is 28.4 Å². The van der Waals surface area contributed by atoms with Crippen molar-refractivity contribution in [3.8, 4) is 5.69 Å². The lowest BCUT2D eigenvalue weighted by atomic mass is 10.3. The smallest absolute Gasteiger partial charge is 0.360 e. The van der Waals surface area contributed by atoms with Crippen molar-refractivity contribution in [2.24, 2.45) is 0 Å². The second kappa shape index (κ2) is 4.73. The predicted octanol–water partition coefficient (Wildman–Crippen LogP) is 2.36. The van der Waals surface area contributed by atoms with Crippen LogP contribution >= 0.6 is 23.2 Å². The van der Waals surface area contributed by atoms with Gasteiger partial charge in [0.25, 0.3) is 0 Å². The summed E-state index contributed by atoms with van der Waals surface area (Å²) in [7, 11) is 1.27. The summed E-state index contributed by atoms with van der Waals surface area (Å²) < 4.78 is 5.91. The first-order chi connectivity index (χ1) is 8.11. The van der Waals surface area contributed by atoms with Gasteiger partial charge in [0.1, 0.15) is 0 Å². The van der Waals surface area contributed by atoms with Crippen LogP contribution in [0, 0.1) is 0 Å². The highest BCUT2D eigenvalue weighted by Crippen LogP contribution is 2.23. The van der Waals surface area contributed by atoms with Crippen LogP contribution in [0.4, 0.5) is 0 Å². The van der Waals surface area contributed by atoms with E-state index in [1.165, 1.54) is 18.0 Å². The van der Waals surface area contributed by atoms with Crippen molar-refractivity contribution in [3.05, 3.63) is 40.1 Å². The highest BCUT2D eigenvalue weighted by molar-refractivity contribution is 6.35. The molecule has 1 aromatic carbocycles. The first-order valence-electron chi connectivity index (χ1n) is 4.58. The maximum atomic E-state index is 11.2. The van der Waals surface area contributed by atoms with Crippen LogP contribution in [0.3, 0.4) is 0 Å². The molecule has 0 radical (unpaired) electrons. The van der Waals surface area contributed by atoms with E-state index < -0.39 is 5.97 Å². The maximum absolute atomic E-state index is 11.2. The minimum absolute atomic E-state index is 0.110. The van der Waals surface area contributed by atoms with Crippen LogP contribution in [-0.2, 0) is 4.74 Å². The number of carbonyl (C=O) groups is 1. The molecule has 17 heavy (non-hydrogen) atoms. The number of hydrogen-bond donors (Lipinski definition) is 0. The fourth-order valence-corrected chi connectivity index (χ4v) is 1.74. The summed E-state index contributed by atoms with van der Waals surface area (Å²) in [6, 6.07) is 4.93. The Bertz CT molecular complexity index is 568. The molecule has 5 nitrogen and oxygen atoms in total. The van der Waals surface area contributed by atoms with Crippen molar-refractivity contribution >= 4 is 29.2 Å². The zero-order valence-electron chi connectivity index (χ0n) is 8.72. The summed E-state index contributed by atoms with van der Waals surface area (Å²) in [4.78, 5) is 11.2. The van der Waals surface area contributed by atoms with Crippen LogP contribution in [0.1, 0.15) is 10.5 Å². The topological polar surface area (TPSA) is 57.0 Å². The number of benzene rings is 1. The average molecular weight is 272 g/mol. The molecule has 1 heterocycles. The van der Waals surface area contributed by atoms with Gasteiger partial charge in [0.2, 0.25) is 0 Å². The van der Waals surface area contributed by atoms with Crippen molar-refractivity contribution in [3.63, 3.8) is 0 Å². The van der Waals surface area contributed by atoms with E-state index in [1.807, 2.05) is 0 Å². The Morgan fingerprint density at radius 1 is 1.41 bits per heavy atom. The summed E-state index contributed by atoms with van der Waals surface area (Å²) in [5, 5.41) is 8.39. The molecule has 1 aromatic heterocycles. The molecule has 0 bridgehead atoms. The molecule has 88 valence electrons. The molecule has 0 fully saturated rings. The Morgan fingerprint density at radius 3 is 2.82 bits per heavy atom. The molecule has 0 saturated carbocycles. The maximum Gasteiger partial charge on any atom is 0.360 e. The number of methoxy groups -OCH3 is 1. The van der Waals surface area contributed by atoms with Gasteiger partial charge >= 0.3 is 5.97 Å². The van der Waals surface area contributed by atoms with Crippen molar-refractivity contribution in [2.75, 3.05) is 7.11 Å². The normalized spacial score (nSPS) is 10.3. The molecule has 0 N–H and O–H groups in total. The Balaban J connectivity index is 2.40. The quantitative estimate of drug-likeness (QED) is 0.787. The molecule has 0 aliphatic heterocycles. The van der Waals surface area contributed by atoms with Gasteiger partial charge in [0, 0.05) is 5.02 Å². The number of rotatable bonds is 2. The number of nitrogens with zero attached hydrogens (tertiary/aromatic N) is 3. The Hall–Kier alpha value is -1.59. The molecule has 0 aliphatic rings. The minimum Gasteiger partial charge on any atom is -0.464 e. The van der Waals surface area contributed by atoms with Crippen molar-refractivity contribution in [2.45, 2.75) is 0 Å². The van der Waals surface area contributed by atoms with Crippen LogP contribution in [0.15, 0.2) is 24.4 Å². The van der Waals surface area contributed by atoms with Crippen LogP contribution < -0.4 is 0 Å². The third-order valence-corrected chi connectivity index (χ3v) is 2.58. The van der Waals surface area contributed by atoms with Crippen molar-refractivity contribution in [1.82, 2.24) is 15.0 Å². The van der Waals surface area contributed by atoms with E-state index in [1.54, 1.807) is 18.2 Å². The molecule has 0 amide bonds. The second-order valence-corrected chi connectivity index (χ2v) is 3.98. The van der Waals surface area contributed by atoms with E-state index in [0.717, 1.165) is 0 Å². The standard InChI is InChI=1S/C10H7Cl2N3O2/c1-17-10(16)8-5-15(14-13-8)9-3-2-6(11)4-7(9)12/h2-5H,1H3.